The van der Waals surface area contributed by atoms with Crippen molar-refractivity contribution in [3.63, 3.8) is 0 Å². The maximum absolute atomic E-state index is 13.4. The summed E-state index contributed by atoms with van der Waals surface area (Å²) < 4.78 is 319. The summed E-state index contributed by atoms with van der Waals surface area (Å²) in [4.78, 5) is 21.5. The zero-order valence-electron chi connectivity index (χ0n) is 33.8. The molecule has 0 bridgehead atoms. The molecule has 0 aliphatic rings. The van der Waals surface area contributed by atoms with Crippen LogP contribution in [0.5, 0.6) is 0 Å². The third-order valence-corrected chi connectivity index (χ3v) is 12.0. The van der Waals surface area contributed by atoms with E-state index in [9.17, 15) is 106 Å². The molecule has 0 radical (unpaired) electrons. The highest BCUT2D eigenvalue weighted by molar-refractivity contribution is 6.60. The molecule has 0 heterocycles. The van der Waals surface area contributed by atoms with Gasteiger partial charge in [0.05, 0.1) is 7.11 Å². The van der Waals surface area contributed by atoms with Crippen LogP contribution < -0.4 is 11.1 Å². The molecule has 0 aliphatic carbocycles. The fraction of sp³-hybridized carbons (Fsp3) is 0.920. The summed E-state index contributed by atoms with van der Waals surface area (Å²) in [5.41, 5.74) is 5.36. The van der Waals surface area contributed by atoms with Crippen molar-refractivity contribution >= 4 is 29.5 Å². The van der Waals surface area contributed by atoms with Gasteiger partial charge < -0.3 is 42.3 Å². The molecule has 0 atom stereocenters. The number of nitrogens with one attached hydrogen (secondary N) is 1. The molecule has 0 fully saturated rings. The number of carbonyl (C=O) groups excluding carboxylic acids is 2. The molecule has 0 saturated carbocycles. The molecule has 0 spiro atoms. The highest BCUT2D eigenvalue weighted by Crippen LogP contribution is 2.46. The summed E-state index contributed by atoms with van der Waals surface area (Å²) in [5.74, 6) is -5.52. The summed E-state index contributed by atoms with van der Waals surface area (Å²) >= 11 is 0. The number of carbonyl (C=O) groups is 2. The second-order valence-electron chi connectivity index (χ2n) is 10.9. The Balaban J connectivity index is -0.00000101. The van der Waals surface area contributed by atoms with E-state index in [4.69, 9.17) is 32.3 Å². The molecule has 0 saturated heterocycles. The SMILES string of the molecule is COC(=O)C(F)(F)OC(F)(F)OC(F)(F)C(F)(F)OC(F)(F)F.CO[Si](CCCN)(OC)OC.CO[Si](CCCNC(=O)C(F)(F)OC(F)(F)OC(F)(F)C(F)(F)OC(F)(F)F)(OC)OC. The van der Waals surface area contributed by atoms with Crippen LogP contribution in [0.15, 0.2) is 0 Å². The number of halogens is 22. The standard InChI is InChI=1S/C12H16F11NO7Si.C7H3F11O5.C6H17NO3Si/c1-26-32(27-2,28-3)6-4-5-24-7(25)8(13,14)29-12(22,23)31-10(17,18)9(15,16)30-11(19,20)21;1-20-2(19)3(8,9)21-7(17,18)23-5(12,13)4(10,11)22-6(14,15)16;1-8-11(9-2,10-3)6-4-5-7/h4-6H2,1-3H3,(H,24,25);1H3;4-7H2,1-3H3. The summed E-state index contributed by atoms with van der Waals surface area (Å²) in [6.07, 6.45) is -63.4. The minimum Gasteiger partial charge on any atom is -0.463 e. The van der Waals surface area contributed by atoms with Gasteiger partial charge in [-0.1, -0.05) is 0 Å². The van der Waals surface area contributed by atoms with Crippen LogP contribution >= 0.6 is 0 Å². The van der Waals surface area contributed by atoms with E-state index in [0.717, 1.165) is 12.5 Å². The summed E-state index contributed by atoms with van der Waals surface area (Å²) in [5, 5.41) is 1.36. The van der Waals surface area contributed by atoms with Crippen LogP contribution in [0.2, 0.25) is 12.1 Å². The number of ether oxygens (including phenoxy) is 7. The monoisotopic (exact) mass is 1080 g/mol. The molecule has 66 heavy (non-hydrogen) atoms. The summed E-state index contributed by atoms with van der Waals surface area (Å²) in [6, 6.07) is 0.718. The average molecular weight is 1080 g/mol. The van der Waals surface area contributed by atoms with Crippen molar-refractivity contribution in [3.8, 4) is 0 Å². The Morgan fingerprint density at radius 1 is 0.439 bits per heavy atom. The third kappa shape index (κ3) is 24.0. The van der Waals surface area contributed by atoms with Crippen molar-refractivity contribution in [1.29, 1.82) is 0 Å². The van der Waals surface area contributed by atoms with E-state index in [1.54, 1.807) is 30.8 Å². The molecule has 0 aromatic heterocycles. The number of amides is 1. The van der Waals surface area contributed by atoms with Crippen LogP contribution in [-0.4, -0.2) is 154 Å². The van der Waals surface area contributed by atoms with Crippen molar-refractivity contribution in [2.75, 3.05) is 62.9 Å². The molecular weight excluding hydrogens is 1040 g/mol. The Labute approximate surface area is 356 Å². The smallest absolute Gasteiger partial charge is 0.463 e. The van der Waals surface area contributed by atoms with Crippen LogP contribution in [0, 0.1) is 0 Å². The Hall–Kier alpha value is -2.69. The van der Waals surface area contributed by atoms with Gasteiger partial charge >= 0.3 is 91.5 Å². The van der Waals surface area contributed by atoms with Crippen molar-refractivity contribution < 1.29 is 166 Å². The lowest BCUT2D eigenvalue weighted by atomic mass is 10.4. The highest BCUT2D eigenvalue weighted by atomic mass is 28.4. The van der Waals surface area contributed by atoms with Crippen molar-refractivity contribution in [1.82, 2.24) is 5.32 Å². The van der Waals surface area contributed by atoms with Crippen molar-refractivity contribution in [2.24, 2.45) is 5.73 Å². The Morgan fingerprint density at radius 3 is 1.00 bits per heavy atom. The fourth-order valence-corrected chi connectivity index (χ4v) is 6.89. The zero-order chi connectivity index (χ0) is 53.3. The van der Waals surface area contributed by atoms with Gasteiger partial charge in [-0.25, -0.2) is 33.2 Å². The lowest BCUT2D eigenvalue weighted by Gasteiger charge is -2.30. The van der Waals surface area contributed by atoms with Gasteiger partial charge in [0, 0.05) is 61.3 Å². The van der Waals surface area contributed by atoms with E-state index < -0.39 is 98.0 Å². The molecule has 41 heteroatoms. The molecule has 0 aromatic rings. The molecule has 0 aromatic carbocycles. The quantitative estimate of drug-likeness (QED) is 0.0296. The van der Waals surface area contributed by atoms with Crippen molar-refractivity contribution in [2.45, 2.75) is 86.9 Å². The topological polar surface area (TPSA) is 192 Å². The summed E-state index contributed by atoms with van der Waals surface area (Å²) in [6.45, 7) is -0.0203. The predicted octanol–water partition coefficient (Wildman–Crippen LogP) is 6.54. The van der Waals surface area contributed by atoms with E-state index in [2.05, 4.69) is 14.2 Å². The number of methoxy groups -OCH3 is 1. The molecule has 0 rings (SSSR count). The van der Waals surface area contributed by atoms with Gasteiger partial charge in [0.15, 0.2) is 0 Å². The van der Waals surface area contributed by atoms with E-state index in [1.807, 2.05) is 9.47 Å². The number of rotatable bonds is 27. The van der Waals surface area contributed by atoms with Gasteiger partial charge in [0.1, 0.15) is 0 Å². The number of esters is 1. The molecule has 17 nitrogen and oxygen atoms in total. The second kappa shape index (κ2) is 25.8. The first-order valence-electron chi connectivity index (χ1n) is 16.0. The van der Waals surface area contributed by atoms with Crippen LogP contribution in [0.3, 0.4) is 0 Å². The predicted molar refractivity (Wildman–Crippen MR) is 165 cm³/mol. The Kier molecular flexibility index (Phi) is 26.4. The van der Waals surface area contributed by atoms with E-state index in [0.29, 0.717) is 6.54 Å². The Morgan fingerprint density at radius 2 is 0.727 bits per heavy atom. The van der Waals surface area contributed by atoms with Gasteiger partial charge in [0.25, 0.3) is 0 Å². The van der Waals surface area contributed by atoms with E-state index in [-0.39, 0.29) is 19.6 Å². The maximum Gasteiger partial charge on any atom is 0.527 e. The fourth-order valence-electron chi connectivity index (χ4n) is 3.41. The third-order valence-electron chi connectivity index (χ3n) is 6.34. The number of hydrogen-bond acceptors (Lipinski definition) is 16. The first kappa shape index (κ1) is 67.6. The first-order valence-corrected chi connectivity index (χ1v) is 19.9. The average Bonchev–Trinajstić information content (AvgIpc) is 3.12. The van der Waals surface area contributed by atoms with Crippen molar-refractivity contribution in [3.05, 3.63) is 0 Å². The van der Waals surface area contributed by atoms with Crippen LogP contribution in [-0.2, 0) is 69.3 Å². The summed E-state index contributed by atoms with van der Waals surface area (Å²) in [7, 11) is 3.12. The lowest BCUT2D eigenvalue weighted by Crippen LogP contribution is -2.54. The molecule has 3 N–H and O–H groups in total. The number of hydrogen-bond donors (Lipinski definition) is 2. The van der Waals surface area contributed by atoms with Gasteiger partial charge in [-0.15, -0.1) is 43.9 Å². The van der Waals surface area contributed by atoms with Gasteiger partial charge in [-0.3, -0.25) is 4.79 Å². The maximum atomic E-state index is 13.4. The van der Waals surface area contributed by atoms with E-state index >= 15 is 0 Å². The normalized spacial score (nSPS) is 14.2. The lowest BCUT2D eigenvalue weighted by molar-refractivity contribution is -0.569. The molecule has 398 valence electrons. The first-order chi connectivity index (χ1) is 29.3. The molecular formula is C25H36F22N2O15Si2. The van der Waals surface area contributed by atoms with Crippen LogP contribution in [0.1, 0.15) is 12.8 Å². The van der Waals surface area contributed by atoms with Gasteiger partial charge in [-0.05, 0) is 19.4 Å². The number of alkyl halides is 22. The number of nitrogens with two attached hydrogens (primary N) is 1. The molecule has 0 aliphatic heterocycles. The minimum atomic E-state index is -6.83. The molecule has 0 unspecified atom stereocenters. The van der Waals surface area contributed by atoms with Crippen LogP contribution in [0.4, 0.5) is 96.6 Å². The zero-order valence-corrected chi connectivity index (χ0v) is 35.8. The van der Waals surface area contributed by atoms with E-state index in [1.165, 1.54) is 26.6 Å². The minimum absolute atomic E-state index is 0.0665. The molecule has 1 amide bonds. The Bertz CT molecular complexity index is 1430. The van der Waals surface area contributed by atoms with Gasteiger partial charge in [-0.2, -0.15) is 52.7 Å². The second-order valence-corrected chi connectivity index (χ2v) is 17.0. The van der Waals surface area contributed by atoms with Crippen LogP contribution in [0.25, 0.3) is 0 Å². The largest absolute Gasteiger partial charge is 0.527 e. The highest BCUT2D eigenvalue weighted by Gasteiger charge is 2.71. The van der Waals surface area contributed by atoms with Gasteiger partial charge in [0.2, 0.25) is 0 Å².